The highest BCUT2D eigenvalue weighted by Crippen LogP contribution is 2.37. The molecule has 2 aromatic carbocycles. The van der Waals surface area contributed by atoms with Gasteiger partial charge in [0.25, 0.3) is 5.01 Å². The zero-order valence-corrected chi connectivity index (χ0v) is 15.0. The van der Waals surface area contributed by atoms with Gasteiger partial charge in [-0.3, -0.25) is 0 Å². The van der Waals surface area contributed by atoms with Crippen molar-refractivity contribution in [3.63, 3.8) is 0 Å². The first-order valence-corrected chi connectivity index (χ1v) is 8.99. The summed E-state index contributed by atoms with van der Waals surface area (Å²) < 4.78 is 9.37. The van der Waals surface area contributed by atoms with Gasteiger partial charge in [-0.25, -0.2) is 0 Å². The van der Waals surface area contributed by atoms with E-state index in [9.17, 15) is 0 Å². The molecule has 4 rings (SSSR count). The van der Waals surface area contributed by atoms with Gasteiger partial charge in [0.05, 0.1) is 5.69 Å². The number of rotatable bonds is 3. The van der Waals surface area contributed by atoms with E-state index in [1.54, 1.807) is 11.3 Å². The number of nitrogens with zero attached hydrogens (tertiary/aromatic N) is 2. The third kappa shape index (κ3) is 2.96. The number of para-hydroxylation sites is 3. The normalized spacial score (nSPS) is 15.6. The highest BCUT2D eigenvalue weighted by Gasteiger charge is 2.21. The number of allylic oxidation sites excluding steroid dienone is 4. The summed E-state index contributed by atoms with van der Waals surface area (Å²) in [6.45, 7) is 0. The highest BCUT2D eigenvalue weighted by molar-refractivity contribution is 7.18. The van der Waals surface area contributed by atoms with E-state index in [1.165, 1.54) is 15.2 Å². The first-order chi connectivity index (χ1) is 12.2. The van der Waals surface area contributed by atoms with E-state index < -0.39 is 0 Å². The average molecular weight is 347 g/mol. The Bertz CT molecular complexity index is 1010. The molecule has 0 aliphatic carbocycles. The van der Waals surface area contributed by atoms with E-state index in [0.29, 0.717) is 0 Å². The predicted molar refractivity (Wildman–Crippen MR) is 105 cm³/mol. The summed E-state index contributed by atoms with van der Waals surface area (Å²) in [6.07, 6.45) is 10.2. The third-order valence-electron chi connectivity index (χ3n) is 4.24. The molecular weight excluding hydrogens is 328 g/mol. The molecule has 0 fully saturated rings. The second-order valence-electron chi connectivity index (χ2n) is 5.84. The molecule has 0 saturated heterocycles. The van der Waals surface area contributed by atoms with Crippen molar-refractivity contribution in [3.05, 3.63) is 83.7 Å². The van der Waals surface area contributed by atoms with E-state index in [4.69, 9.17) is 4.74 Å². The van der Waals surface area contributed by atoms with Crippen molar-refractivity contribution in [2.75, 3.05) is 11.9 Å². The number of aromatic nitrogens is 1. The van der Waals surface area contributed by atoms with E-state index in [1.807, 2.05) is 43.5 Å². The third-order valence-corrected chi connectivity index (χ3v) is 5.43. The smallest absolute Gasteiger partial charge is 0.262 e. The molecule has 124 valence electrons. The minimum atomic E-state index is 0.832. The second-order valence-corrected chi connectivity index (χ2v) is 6.91. The maximum Gasteiger partial charge on any atom is 0.262 e. The number of anilines is 1. The number of aryl methyl sites for hydroxylation is 1. The van der Waals surface area contributed by atoms with Crippen molar-refractivity contribution in [1.29, 1.82) is 0 Å². The van der Waals surface area contributed by atoms with Crippen molar-refractivity contribution in [3.8, 4) is 5.75 Å². The van der Waals surface area contributed by atoms with Crippen LogP contribution in [0.25, 0.3) is 16.3 Å². The lowest BCUT2D eigenvalue weighted by molar-refractivity contribution is -0.642. The molecule has 0 saturated carbocycles. The minimum Gasteiger partial charge on any atom is -0.439 e. The fourth-order valence-corrected chi connectivity index (χ4v) is 3.94. The Morgan fingerprint density at radius 2 is 1.80 bits per heavy atom. The van der Waals surface area contributed by atoms with Crippen LogP contribution in [0.3, 0.4) is 0 Å². The Morgan fingerprint density at radius 1 is 1.00 bits per heavy atom. The lowest BCUT2D eigenvalue weighted by Crippen LogP contribution is -2.28. The molecule has 0 atom stereocenters. The number of hydrogen-bond donors (Lipinski definition) is 0. The molecule has 0 N–H and O–H groups in total. The Balaban J connectivity index is 1.48. The standard InChI is InChI=1S/C21H19N2OS/c1-22-16-10-6-8-12-18(16)24-20(22)14-4-3-5-15-21-23(2)17-11-7-9-13-19(17)25-21/h3-15H,1-2H3/q+1. The summed E-state index contributed by atoms with van der Waals surface area (Å²) in [5, 5.41) is 1.22. The summed E-state index contributed by atoms with van der Waals surface area (Å²) >= 11 is 1.79. The molecule has 3 nitrogen and oxygen atoms in total. The van der Waals surface area contributed by atoms with Gasteiger partial charge in [-0.15, -0.1) is 0 Å². The molecule has 0 radical (unpaired) electrons. The SMILES string of the molecule is CN1C(=CC=CC=Cc2sc3ccccc3[n+]2C)Oc2ccccc21. The van der Waals surface area contributed by atoms with Gasteiger partial charge in [0.1, 0.15) is 11.7 Å². The van der Waals surface area contributed by atoms with Gasteiger partial charge < -0.3 is 9.64 Å². The number of benzene rings is 2. The molecule has 3 aromatic rings. The van der Waals surface area contributed by atoms with E-state index in [0.717, 1.165) is 17.3 Å². The van der Waals surface area contributed by atoms with Crippen molar-refractivity contribution in [2.24, 2.45) is 7.05 Å². The minimum absolute atomic E-state index is 0.832. The summed E-state index contributed by atoms with van der Waals surface area (Å²) in [6, 6.07) is 16.5. The van der Waals surface area contributed by atoms with Crippen LogP contribution in [0.5, 0.6) is 5.75 Å². The number of ether oxygens (including phenoxy) is 1. The van der Waals surface area contributed by atoms with Crippen LogP contribution in [-0.4, -0.2) is 7.05 Å². The van der Waals surface area contributed by atoms with Crippen LogP contribution in [0.15, 0.2) is 78.7 Å². The maximum absolute atomic E-state index is 5.85. The van der Waals surface area contributed by atoms with Crippen LogP contribution in [0, 0.1) is 0 Å². The van der Waals surface area contributed by atoms with Gasteiger partial charge in [-0.1, -0.05) is 53.8 Å². The van der Waals surface area contributed by atoms with Crippen LogP contribution in [0.2, 0.25) is 0 Å². The van der Waals surface area contributed by atoms with Gasteiger partial charge in [-0.05, 0) is 24.3 Å². The van der Waals surface area contributed by atoms with Gasteiger partial charge in [0, 0.05) is 19.2 Å². The monoisotopic (exact) mass is 347 g/mol. The summed E-state index contributed by atoms with van der Waals surface area (Å²) in [4.78, 5) is 2.05. The molecule has 1 aliphatic heterocycles. The quantitative estimate of drug-likeness (QED) is 0.506. The Morgan fingerprint density at radius 3 is 2.64 bits per heavy atom. The first-order valence-electron chi connectivity index (χ1n) is 8.17. The summed E-state index contributed by atoms with van der Waals surface area (Å²) in [7, 11) is 4.11. The van der Waals surface area contributed by atoms with Crippen LogP contribution < -0.4 is 14.2 Å². The molecule has 2 heterocycles. The number of hydrogen-bond acceptors (Lipinski definition) is 3. The lowest BCUT2D eigenvalue weighted by atomic mass is 10.3. The number of fused-ring (bicyclic) bond motifs is 2. The molecular formula is C21H19N2OS+. The predicted octanol–water partition coefficient (Wildman–Crippen LogP) is 4.67. The van der Waals surface area contributed by atoms with E-state index in [-0.39, 0.29) is 0 Å². The zero-order chi connectivity index (χ0) is 17.2. The first kappa shape index (κ1) is 15.7. The summed E-state index contributed by atoms with van der Waals surface area (Å²) in [5.41, 5.74) is 2.35. The molecule has 25 heavy (non-hydrogen) atoms. The van der Waals surface area contributed by atoms with Gasteiger partial charge >= 0.3 is 0 Å². The molecule has 0 amide bonds. The summed E-state index contributed by atoms with van der Waals surface area (Å²) in [5.74, 6) is 1.73. The van der Waals surface area contributed by atoms with Crippen molar-refractivity contribution in [2.45, 2.75) is 0 Å². The fourth-order valence-electron chi connectivity index (χ4n) is 2.87. The zero-order valence-electron chi connectivity index (χ0n) is 14.2. The van der Waals surface area contributed by atoms with Gasteiger partial charge in [0.2, 0.25) is 5.52 Å². The van der Waals surface area contributed by atoms with Gasteiger partial charge in [0.15, 0.2) is 11.6 Å². The Kier molecular flexibility index (Phi) is 4.12. The molecule has 1 aliphatic rings. The van der Waals surface area contributed by atoms with Crippen LogP contribution in [-0.2, 0) is 7.05 Å². The average Bonchev–Trinajstić information content (AvgIpc) is 3.13. The fraction of sp³-hybridized carbons (Fsp3) is 0.0952. The van der Waals surface area contributed by atoms with Crippen molar-refractivity contribution >= 4 is 33.3 Å². The van der Waals surface area contributed by atoms with Crippen molar-refractivity contribution < 1.29 is 9.30 Å². The molecule has 4 heteroatoms. The molecule has 1 aromatic heterocycles. The Hall–Kier alpha value is -2.85. The Labute approximate surface area is 151 Å². The highest BCUT2D eigenvalue weighted by atomic mass is 32.1. The lowest BCUT2D eigenvalue weighted by Gasteiger charge is -2.09. The molecule has 0 unspecified atom stereocenters. The second kappa shape index (κ2) is 6.57. The topological polar surface area (TPSA) is 16.4 Å². The van der Waals surface area contributed by atoms with Crippen LogP contribution >= 0.6 is 11.3 Å². The van der Waals surface area contributed by atoms with Gasteiger partial charge in [-0.2, -0.15) is 4.57 Å². The number of thiazole rings is 1. The van der Waals surface area contributed by atoms with Crippen LogP contribution in [0.4, 0.5) is 5.69 Å². The maximum atomic E-state index is 5.85. The molecule has 0 spiro atoms. The van der Waals surface area contributed by atoms with E-state index in [2.05, 4.69) is 59.0 Å². The van der Waals surface area contributed by atoms with Crippen LogP contribution in [0.1, 0.15) is 5.01 Å². The van der Waals surface area contributed by atoms with Crippen molar-refractivity contribution in [1.82, 2.24) is 0 Å². The van der Waals surface area contributed by atoms with E-state index >= 15 is 0 Å². The molecule has 0 bridgehead atoms. The largest absolute Gasteiger partial charge is 0.439 e.